The third-order valence-corrected chi connectivity index (χ3v) is 0.622. The van der Waals surface area contributed by atoms with Crippen molar-refractivity contribution in [3.05, 3.63) is 12.3 Å². The van der Waals surface area contributed by atoms with Crippen molar-refractivity contribution in [3.8, 4) is 0 Å². The van der Waals surface area contributed by atoms with Gasteiger partial charge in [-0.05, 0) is 13.1 Å². The molecule has 0 amide bonds. The summed E-state index contributed by atoms with van der Waals surface area (Å²) in [4.78, 5) is 0. The molecule has 1 unspecified atom stereocenters. The Hall–Kier alpha value is -0.640. The molecule has 4 heteroatoms. The summed E-state index contributed by atoms with van der Waals surface area (Å²) in [7, 11) is 0. The second-order valence-corrected chi connectivity index (χ2v) is 1.69. The Bertz CT molecular complexity index is 91.0. The maximum Gasteiger partial charge on any atom is 0.312 e. The van der Waals surface area contributed by atoms with E-state index >= 15 is 0 Å². The van der Waals surface area contributed by atoms with E-state index in [1.165, 1.54) is 6.08 Å². The summed E-state index contributed by atoms with van der Waals surface area (Å²) in [5, 5.41) is 1.78. The molecule has 0 saturated carbocycles. The Balaban J connectivity index is 3.25. The van der Waals surface area contributed by atoms with Crippen molar-refractivity contribution >= 4 is 0 Å². The van der Waals surface area contributed by atoms with Crippen LogP contribution in [0.4, 0.5) is 8.78 Å². The van der Waals surface area contributed by atoms with E-state index in [1.807, 2.05) is 0 Å². The smallest absolute Gasteiger partial charge is 0.312 e. The molecule has 0 aliphatic heterocycles. The number of nitrogens with one attached hydrogen (secondary N) is 1. The second-order valence-electron chi connectivity index (χ2n) is 1.69. The van der Waals surface area contributed by atoms with Crippen LogP contribution in [0.15, 0.2) is 12.3 Å². The van der Waals surface area contributed by atoms with E-state index in [4.69, 9.17) is 5.73 Å². The highest BCUT2D eigenvalue weighted by atomic mass is 19.3. The molecule has 0 aromatic heterocycles. The van der Waals surface area contributed by atoms with Crippen molar-refractivity contribution < 1.29 is 8.78 Å². The molecule has 2 nitrogen and oxygen atoms in total. The first-order chi connectivity index (χ1) is 4.13. The van der Waals surface area contributed by atoms with E-state index in [0.717, 1.165) is 6.20 Å². The molecule has 0 rings (SSSR count). The summed E-state index contributed by atoms with van der Waals surface area (Å²) in [5.41, 5.74) is 5.21. The molecule has 1 atom stereocenters. The molecule has 0 bridgehead atoms. The van der Waals surface area contributed by atoms with Gasteiger partial charge in [0.2, 0.25) is 0 Å². The maximum atomic E-state index is 11.3. The summed E-state index contributed by atoms with van der Waals surface area (Å²) in [6.07, 6.45) is 2.60. The summed E-state index contributed by atoms with van der Waals surface area (Å²) >= 11 is 0. The molecule has 0 aromatic carbocycles. The average molecular weight is 136 g/mol. The maximum absolute atomic E-state index is 11.3. The Morgan fingerprint density at radius 1 is 1.56 bits per heavy atom. The van der Waals surface area contributed by atoms with Gasteiger partial charge in [-0.3, -0.25) is 0 Å². The summed E-state index contributed by atoms with van der Waals surface area (Å²) in [6, 6.07) is -0.184. The lowest BCUT2D eigenvalue weighted by molar-refractivity contribution is 0.125. The van der Waals surface area contributed by atoms with Gasteiger partial charge in [0.1, 0.15) is 0 Å². The van der Waals surface area contributed by atoms with Crippen LogP contribution in [0.3, 0.4) is 0 Å². The van der Waals surface area contributed by atoms with E-state index in [-0.39, 0.29) is 6.04 Å². The fraction of sp³-hybridized carbons (Fsp3) is 0.600. The van der Waals surface area contributed by atoms with Gasteiger partial charge in [-0.15, -0.1) is 0 Å². The van der Waals surface area contributed by atoms with Crippen molar-refractivity contribution in [3.63, 3.8) is 0 Å². The molecule has 3 N–H and O–H groups in total. The zero-order chi connectivity index (χ0) is 7.28. The van der Waals surface area contributed by atoms with Gasteiger partial charge >= 0.3 is 6.55 Å². The van der Waals surface area contributed by atoms with Gasteiger partial charge in [0.15, 0.2) is 0 Å². The van der Waals surface area contributed by atoms with Gasteiger partial charge in [0, 0.05) is 6.04 Å². The molecule has 0 aliphatic carbocycles. The van der Waals surface area contributed by atoms with Gasteiger partial charge in [-0.25, -0.2) is 0 Å². The van der Waals surface area contributed by atoms with Crippen LogP contribution in [0.1, 0.15) is 6.92 Å². The van der Waals surface area contributed by atoms with Crippen LogP contribution in [0.25, 0.3) is 0 Å². The molecule has 0 fully saturated rings. The Kier molecular flexibility index (Phi) is 3.96. The fourth-order valence-corrected chi connectivity index (χ4v) is 0.280. The highest BCUT2D eigenvalue weighted by Gasteiger charge is 1.92. The van der Waals surface area contributed by atoms with Crippen molar-refractivity contribution in [1.29, 1.82) is 0 Å². The van der Waals surface area contributed by atoms with E-state index in [1.54, 1.807) is 12.2 Å². The number of alkyl halides is 2. The number of nitrogens with two attached hydrogens (primary N) is 1. The largest absolute Gasteiger partial charge is 0.337 e. The van der Waals surface area contributed by atoms with Crippen molar-refractivity contribution in [2.75, 3.05) is 0 Å². The first-order valence-corrected chi connectivity index (χ1v) is 2.59. The first kappa shape index (κ1) is 8.36. The molecular formula is C5H10F2N2. The number of rotatable bonds is 3. The fourth-order valence-electron chi connectivity index (χ4n) is 0.280. The van der Waals surface area contributed by atoms with Gasteiger partial charge in [-0.1, -0.05) is 6.08 Å². The zero-order valence-electron chi connectivity index (χ0n) is 5.14. The monoisotopic (exact) mass is 136 g/mol. The lowest BCUT2D eigenvalue weighted by Crippen LogP contribution is -2.16. The van der Waals surface area contributed by atoms with Crippen molar-refractivity contribution in [2.24, 2.45) is 5.73 Å². The van der Waals surface area contributed by atoms with E-state index < -0.39 is 6.55 Å². The van der Waals surface area contributed by atoms with E-state index in [2.05, 4.69) is 0 Å². The second kappa shape index (κ2) is 4.26. The number of halogens is 2. The van der Waals surface area contributed by atoms with E-state index in [0.29, 0.717) is 0 Å². The first-order valence-electron chi connectivity index (χ1n) is 2.59. The zero-order valence-corrected chi connectivity index (χ0v) is 5.14. The highest BCUT2D eigenvalue weighted by molar-refractivity contribution is 4.86. The lowest BCUT2D eigenvalue weighted by atomic mass is 10.4. The normalized spacial score (nSPS) is 14.8. The average Bonchev–Trinajstić information content (AvgIpc) is 1.63. The Labute approximate surface area is 52.7 Å². The lowest BCUT2D eigenvalue weighted by Gasteiger charge is -1.97. The molecular weight excluding hydrogens is 126 g/mol. The predicted molar refractivity (Wildman–Crippen MR) is 31.9 cm³/mol. The topological polar surface area (TPSA) is 38.0 Å². The third kappa shape index (κ3) is 7.36. The van der Waals surface area contributed by atoms with Crippen LogP contribution in [0.5, 0.6) is 0 Å². The summed E-state index contributed by atoms with van der Waals surface area (Å²) in [6.45, 7) is -0.802. The Morgan fingerprint density at radius 3 is 2.44 bits per heavy atom. The number of hydrogen-bond donors (Lipinski definition) is 2. The molecule has 0 aromatic rings. The quantitative estimate of drug-likeness (QED) is 0.559. The van der Waals surface area contributed by atoms with Gasteiger partial charge < -0.3 is 11.1 Å². The van der Waals surface area contributed by atoms with Crippen LogP contribution in [0.2, 0.25) is 0 Å². The molecule has 0 saturated heterocycles. The van der Waals surface area contributed by atoms with Crippen LogP contribution in [0, 0.1) is 0 Å². The molecule has 54 valence electrons. The predicted octanol–water partition coefficient (Wildman–Crippen LogP) is 0.659. The van der Waals surface area contributed by atoms with Crippen LogP contribution in [-0.4, -0.2) is 12.6 Å². The number of hydrogen-bond acceptors (Lipinski definition) is 2. The third-order valence-electron chi connectivity index (χ3n) is 0.622. The molecule has 9 heavy (non-hydrogen) atoms. The van der Waals surface area contributed by atoms with Crippen LogP contribution >= 0.6 is 0 Å². The van der Waals surface area contributed by atoms with Gasteiger partial charge in [-0.2, -0.15) is 8.78 Å². The molecule has 0 heterocycles. The van der Waals surface area contributed by atoms with E-state index in [9.17, 15) is 8.78 Å². The molecule has 0 spiro atoms. The van der Waals surface area contributed by atoms with Gasteiger partial charge in [0.25, 0.3) is 0 Å². The highest BCUT2D eigenvalue weighted by Crippen LogP contribution is 1.84. The minimum absolute atomic E-state index is 0.184. The van der Waals surface area contributed by atoms with Crippen LogP contribution < -0.4 is 11.1 Å². The van der Waals surface area contributed by atoms with Gasteiger partial charge in [0.05, 0.1) is 0 Å². The van der Waals surface area contributed by atoms with Crippen molar-refractivity contribution in [2.45, 2.75) is 19.5 Å². The Morgan fingerprint density at radius 2 is 2.11 bits per heavy atom. The standard InChI is InChI=1S/C5H10F2N2/c1-4(8)2-3-9-5(6)7/h2-5,9H,8H2,1H3/b3-2-. The summed E-state index contributed by atoms with van der Waals surface area (Å²) in [5.74, 6) is 0. The SMILES string of the molecule is CC(N)/C=C\NC(F)F. The minimum Gasteiger partial charge on any atom is -0.337 e. The molecule has 0 radical (unpaired) electrons. The van der Waals surface area contributed by atoms with Crippen molar-refractivity contribution in [1.82, 2.24) is 5.32 Å². The molecule has 0 aliphatic rings. The summed E-state index contributed by atoms with van der Waals surface area (Å²) < 4.78 is 22.6. The van der Waals surface area contributed by atoms with Crippen LogP contribution in [-0.2, 0) is 0 Å². The minimum atomic E-state index is -2.50.